The summed E-state index contributed by atoms with van der Waals surface area (Å²) < 4.78 is 0. The van der Waals surface area contributed by atoms with E-state index >= 15 is 0 Å². The summed E-state index contributed by atoms with van der Waals surface area (Å²) in [5.41, 5.74) is 2.66. The molecule has 0 aromatic heterocycles. The predicted molar refractivity (Wildman–Crippen MR) is 102 cm³/mol. The third-order valence-corrected chi connectivity index (χ3v) is 5.24. The fraction of sp³-hybridized carbons (Fsp3) is 0.571. The van der Waals surface area contributed by atoms with Gasteiger partial charge in [0.2, 0.25) is 11.8 Å². The predicted octanol–water partition coefficient (Wildman–Crippen LogP) is 1.93. The number of rotatable bonds is 6. The number of nitrogens with one attached hydrogen (secondary N) is 1. The lowest BCUT2D eigenvalue weighted by atomic mass is 10.0. The van der Waals surface area contributed by atoms with Crippen LogP contribution in [0.25, 0.3) is 0 Å². The molecule has 6 nitrogen and oxygen atoms in total. The number of hydrogen-bond acceptors (Lipinski definition) is 3. The van der Waals surface area contributed by atoms with Crippen LogP contribution in [0.4, 0.5) is 0 Å². The van der Waals surface area contributed by atoms with Crippen molar-refractivity contribution < 1.29 is 14.4 Å². The normalized spacial score (nSPS) is 16.7. The van der Waals surface area contributed by atoms with E-state index in [1.807, 2.05) is 26.0 Å². The van der Waals surface area contributed by atoms with Crippen molar-refractivity contribution >= 4 is 17.7 Å². The zero-order chi connectivity index (χ0) is 19.4. The molecule has 0 bridgehead atoms. The highest BCUT2D eigenvalue weighted by atomic mass is 16.2. The summed E-state index contributed by atoms with van der Waals surface area (Å²) in [6.07, 6.45) is 3.49. The van der Waals surface area contributed by atoms with Crippen LogP contribution >= 0.6 is 0 Å². The van der Waals surface area contributed by atoms with Crippen LogP contribution in [0.15, 0.2) is 24.3 Å². The van der Waals surface area contributed by atoms with Gasteiger partial charge in [-0.25, -0.2) is 5.01 Å². The minimum absolute atomic E-state index is 0.00663. The Morgan fingerprint density at radius 2 is 1.63 bits per heavy atom. The molecule has 0 atom stereocenters. The molecule has 3 rings (SSSR count). The second kappa shape index (κ2) is 8.55. The number of fused-ring (bicyclic) bond motifs is 1. The van der Waals surface area contributed by atoms with E-state index in [1.54, 1.807) is 5.01 Å². The first kappa shape index (κ1) is 19.4. The molecule has 1 aliphatic carbocycles. The van der Waals surface area contributed by atoms with Gasteiger partial charge < -0.3 is 5.32 Å². The molecular formula is C21H29N3O3. The van der Waals surface area contributed by atoms with Crippen LogP contribution in [0.5, 0.6) is 0 Å². The molecule has 3 amide bonds. The molecule has 0 unspecified atom stereocenters. The first-order valence-corrected chi connectivity index (χ1v) is 9.88. The van der Waals surface area contributed by atoms with Gasteiger partial charge in [-0.15, -0.1) is 0 Å². The Hall–Kier alpha value is -2.37. The lowest BCUT2D eigenvalue weighted by Crippen LogP contribution is -2.49. The zero-order valence-corrected chi connectivity index (χ0v) is 16.2. The van der Waals surface area contributed by atoms with Gasteiger partial charge >= 0.3 is 0 Å². The number of nitrogens with zero attached hydrogens (tertiary/aromatic N) is 2. The van der Waals surface area contributed by atoms with E-state index in [-0.39, 0.29) is 30.2 Å². The van der Waals surface area contributed by atoms with Crippen molar-refractivity contribution in [2.24, 2.45) is 11.8 Å². The summed E-state index contributed by atoms with van der Waals surface area (Å²) >= 11 is 0. The summed E-state index contributed by atoms with van der Waals surface area (Å²) in [7, 11) is 0. The van der Waals surface area contributed by atoms with E-state index in [1.165, 1.54) is 16.1 Å². The number of amides is 3. The van der Waals surface area contributed by atoms with Crippen LogP contribution in [0, 0.1) is 11.8 Å². The SMILES string of the molecule is CC(C)CC(=O)NCC(=O)N1CCCN1C(=O)CC1Cc2ccccc2C1. The Labute approximate surface area is 160 Å². The quantitative estimate of drug-likeness (QED) is 0.831. The molecule has 2 aliphatic rings. The molecule has 1 aromatic rings. The topological polar surface area (TPSA) is 69.7 Å². The summed E-state index contributed by atoms with van der Waals surface area (Å²) in [6, 6.07) is 8.34. The van der Waals surface area contributed by atoms with Gasteiger partial charge in [0, 0.05) is 25.9 Å². The molecule has 6 heteroatoms. The van der Waals surface area contributed by atoms with Gasteiger partial charge in [-0.2, -0.15) is 0 Å². The van der Waals surface area contributed by atoms with Crippen molar-refractivity contribution in [1.82, 2.24) is 15.3 Å². The highest BCUT2D eigenvalue weighted by Crippen LogP contribution is 2.29. The van der Waals surface area contributed by atoms with E-state index in [0.717, 1.165) is 19.3 Å². The maximum absolute atomic E-state index is 12.8. The maximum atomic E-state index is 12.8. The fourth-order valence-electron chi connectivity index (χ4n) is 3.99. The molecule has 0 radical (unpaired) electrons. The van der Waals surface area contributed by atoms with Gasteiger partial charge in [0.05, 0.1) is 6.54 Å². The highest BCUT2D eigenvalue weighted by Gasteiger charge is 2.33. The van der Waals surface area contributed by atoms with Crippen molar-refractivity contribution in [3.63, 3.8) is 0 Å². The van der Waals surface area contributed by atoms with Crippen molar-refractivity contribution in [2.75, 3.05) is 19.6 Å². The molecule has 1 N–H and O–H groups in total. The summed E-state index contributed by atoms with van der Waals surface area (Å²) in [5.74, 6) is 0.220. The van der Waals surface area contributed by atoms with Gasteiger partial charge in [0.15, 0.2) is 0 Å². The average Bonchev–Trinajstić information content (AvgIpc) is 3.25. The van der Waals surface area contributed by atoms with Gasteiger partial charge in [0.25, 0.3) is 5.91 Å². The van der Waals surface area contributed by atoms with E-state index in [4.69, 9.17) is 0 Å². The number of hydrazine groups is 1. The zero-order valence-electron chi connectivity index (χ0n) is 16.2. The van der Waals surface area contributed by atoms with Crippen LogP contribution in [0.2, 0.25) is 0 Å². The molecule has 1 heterocycles. The molecule has 1 aromatic carbocycles. The van der Waals surface area contributed by atoms with Crippen molar-refractivity contribution in [2.45, 2.75) is 46.0 Å². The Bertz CT molecular complexity index is 691. The van der Waals surface area contributed by atoms with Crippen molar-refractivity contribution in [3.05, 3.63) is 35.4 Å². The summed E-state index contributed by atoms with van der Waals surface area (Å²) in [5, 5.41) is 5.76. The van der Waals surface area contributed by atoms with Gasteiger partial charge in [-0.3, -0.25) is 19.4 Å². The van der Waals surface area contributed by atoms with Crippen LogP contribution in [0.3, 0.4) is 0 Å². The van der Waals surface area contributed by atoms with Gasteiger partial charge in [0.1, 0.15) is 0 Å². The largest absolute Gasteiger partial charge is 0.347 e. The monoisotopic (exact) mass is 371 g/mol. The Morgan fingerprint density at radius 1 is 1.04 bits per heavy atom. The summed E-state index contributed by atoms with van der Waals surface area (Å²) in [6.45, 7) is 4.98. The molecular weight excluding hydrogens is 342 g/mol. The second-order valence-electron chi connectivity index (χ2n) is 8.01. The highest BCUT2D eigenvalue weighted by molar-refractivity contribution is 5.87. The molecule has 27 heavy (non-hydrogen) atoms. The second-order valence-corrected chi connectivity index (χ2v) is 8.01. The first-order valence-electron chi connectivity index (χ1n) is 9.88. The lowest BCUT2D eigenvalue weighted by Gasteiger charge is -2.29. The van der Waals surface area contributed by atoms with Crippen LogP contribution in [0.1, 0.15) is 44.2 Å². The van der Waals surface area contributed by atoms with E-state index in [9.17, 15) is 14.4 Å². The average molecular weight is 371 g/mol. The molecule has 1 aliphatic heterocycles. The van der Waals surface area contributed by atoms with Gasteiger partial charge in [-0.1, -0.05) is 38.1 Å². The van der Waals surface area contributed by atoms with Crippen molar-refractivity contribution in [1.29, 1.82) is 0 Å². The van der Waals surface area contributed by atoms with Crippen LogP contribution in [-0.2, 0) is 27.2 Å². The third-order valence-electron chi connectivity index (χ3n) is 5.24. The standard InChI is InChI=1S/C21H29N3O3/c1-15(2)10-19(25)22-14-21(27)24-9-5-8-23(24)20(26)13-16-11-17-6-3-4-7-18(17)12-16/h3-4,6-7,15-16H,5,8-14H2,1-2H3,(H,22,25). The van der Waals surface area contributed by atoms with Crippen LogP contribution < -0.4 is 5.32 Å². The van der Waals surface area contributed by atoms with Crippen LogP contribution in [-0.4, -0.2) is 47.4 Å². The summed E-state index contributed by atoms with van der Waals surface area (Å²) in [4.78, 5) is 37.0. The Kier molecular flexibility index (Phi) is 6.14. The van der Waals surface area contributed by atoms with E-state index < -0.39 is 0 Å². The first-order chi connectivity index (χ1) is 12.9. The molecule has 1 fully saturated rings. The smallest absolute Gasteiger partial charge is 0.260 e. The number of hydrogen-bond donors (Lipinski definition) is 1. The minimum Gasteiger partial charge on any atom is -0.347 e. The Morgan fingerprint density at radius 3 is 2.22 bits per heavy atom. The maximum Gasteiger partial charge on any atom is 0.260 e. The minimum atomic E-state index is -0.215. The fourth-order valence-corrected chi connectivity index (χ4v) is 3.99. The molecule has 0 spiro atoms. The molecule has 0 saturated carbocycles. The van der Waals surface area contributed by atoms with E-state index in [0.29, 0.717) is 31.8 Å². The third kappa shape index (κ3) is 4.87. The lowest BCUT2D eigenvalue weighted by molar-refractivity contribution is -0.158. The van der Waals surface area contributed by atoms with Gasteiger partial charge in [-0.05, 0) is 42.2 Å². The number of carbonyl (C=O) groups is 3. The molecule has 1 saturated heterocycles. The number of carbonyl (C=O) groups excluding carboxylic acids is 3. The number of benzene rings is 1. The molecule has 146 valence electrons. The van der Waals surface area contributed by atoms with E-state index in [2.05, 4.69) is 17.4 Å². The Balaban J connectivity index is 1.51. The van der Waals surface area contributed by atoms with Crippen molar-refractivity contribution in [3.8, 4) is 0 Å².